The standard InChI is InChI=1S/C18H20N8O7S3.Na.H2O/c1-25-18(22-12(28)13(29)23-25)36-4-6-3-34-15-9(14(30)26(15)10(6)16(31)32)21-11(27)8(24-33-2)7-5-35-17(19)20-7;;/h5,9,15,18H,3-4H2,1-2H3,(H2,19,20)(H,21,27)(H,22,28)(H,23,29)(H,31,32);;1H2/q;+1;/p-1/b24-8-;;/t9-,15-,18?;;/m1../s1. The molecule has 7 N–H and O–H groups in total. The molecule has 4 rings (SSSR count). The maximum Gasteiger partial charge on any atom is 1.00 e. The minimum absolute atomic E-state index is 0. The average Bonchev–Trinajstić information content (AvgIpc) is 3.27. The molecule has 0 bridgehead atoms. The molecule has 2 saturated heterocycles. The Labute approximate surface area is 249 Å². The molecule has 3 amide bonds. The van der Waals surface area contributed by atoms with E-state index < -0.39 is 46.5 Å². The number of fused-ring (bicyclic) bond motifs is 1. The van der Waals surface area contributed by atoms with Crippen LogP contribution in [0.1, 0.15) is 5.69 Å². The molecule has 0 spiro atoms. The Hall–Kier alpha value is -2.39. The number of aromatic nitrogens is 1. The number of thiazole rings is 1. The summed E-state index contributed by atoms with van der Waals surface area (Å²) in [6.07, 6.45) is 0. The number of carbonyl (C=O) groups excluding carboxylic acids is 3. The molecule has 3 aliphatic heterocycles. The third kappa shape index (κ3) is 6.25. The van der Waals surface area contributed by atoms with Crippen molar-refractivity contribution < 1.29 is 69.3 Å². The number of nitrogens with zero attached hydrogens (tertiary/aromatic N) is 5. The number of carboxylic acid groups (broad SMARTS) is 1. The van der Waals surface area contributed by atoms with Crippen molar-refractivity contribution in [1.82, 2.24) is 25.6 Å². The quantitative estimate of drug-likeness (QED) is 0.0547. The van der Waals surface area contributed by atoms with Crippen molar-refractivity contribution >= 4 is 75.3 Å². The molecule has 1 aromatic heterocycles. The van der Waals surface area contributed by atoms with E-state index in [4.69, 9.17) is 10.6 Å². The molecule has 20 heteroatoms. The second-order valence-corrected chi connectivity index (χ2v) is 10.5. The summed E-state index contributed by atoms with van der Waals surface area (Å²) in [5.41, 5.74) is 7.53. The molecule has 0 radical (unpaired) electrons. The molecule has 1 aromatic rings. The number of hydrogen-bond donors (Lipinski definition) is 4. The molecular weight excluding hydrogens is 575 g/mol. The number of β-lactam (4-membered cyclic amide) rings is 1. The van der Waals surface area contributed by atoms with Crippen LogP contribution in [0.15, 0.2) is 26.8 Å². The summed E-state index contributed by atoms with van der Waals surface area (Å²) in [7, 11) is 2.79. The number of thioether (sulfide) groups is 2. The minimum Gasteiger partial charge on any atom is -0.857 e. The van der Waals surface area contributed by atoms with Gasteiger partial charge in [-0.15, -0.1) is 34.9 Å². The first kappa shape index (κ1) is 31.8. The van der Waals surface area contributed by atoms with Gasteiger partial charge in [0.05, 0.1) is 0 Å². The molecule has 38 heavy (non-hydrogen) atoms. The number of rotatable bonds is 8. The van der Waals surface area contributed by atoms with Crippen LogP contribution in [0.5, 0.6) is 0 Å². The molecule has 16 nitrogen and oxygen atoms in total. The van der Waals surface area contributed by atoms with Crippen LogP contribution in [-0.2, 0) is 24.0 Å². The predicted octanol–water partition coefficient (Wildman–Crippen LogP) is -6.25. The number of nitrogens with two attached hydrogens (primary N) is 1. The van der Waals surface area contributed by atoms with Gasteiger partial charge in [0.15, 0.2) is 11.2 Å². The Morgan fingerprint density at radius 1 is 1.39 bits per heavy atom. The molecule has 4 heterocycles. The summed E-state index contributed by atoms with van der Waals surface area (Å²) in [6, 6.07) is -1.11. The van der Waals surface area contributed by atoms with Crippen molar-refractivity contribution in [2.75, 3.05) is 31.4 Å². The van der Waals surface area contributed by atoms with E-state index in [1.165, 1.54) is 41.0 Å². The first-order valence-corrected chi connectivity index (χ1v) is 13.0. The fraction of sp³-hybridized carbons (Fsp3) is 0.389. The summed E-state index contributed by atoms with van der Waals surface area (Å²) in [4.78, 5) is 61.8. The van der Waals surface area contributed by atoms with Gasteiger partial charge in [0.2, 0.25) is 0 Å². The monoisotopic (exact) mass is 596 g/mol. The van der Waals surface area contributed by atoms with Gasteiger partial charge in [-0.2, -0.15) is 5.01 Å². The zero-order valence-corrected chi connectivity index (χ0v) is 24.6. The zero-order valence-electron chi connectivity index (χ0n) is 20.2. The van der Waals surface area contributed by atoms with Crippen LogP contribution < -0.4 is 51.1 Å². The van der Waals surface area contributed by atoms with Gasteiger partial charge in [0, 0.05) is 29.8 Å². The Morgan fingerprint density at radius 2 is 2.11 bits per heavy atom. The molecule has 0 saturated carbocycles. The van der Waals surface area contributed by atoms with Gasteiger partial charge in [-0.25, -0.2) is 9.78 Å². The predicted molar refractivity (Wildman–Crippen MR) is 133 cm³/mol. The maximum atomic E-state index is 12.9. The van der Waals surface area contributed by atoms with Gasteiger partial charge in [-0.3, -0.25) is 29.7 Å². The Bertz CT molecular complexity index is 1220. The Kier molecular flexibility index (Phi) is 11.0. The zero-order chi connectivity index (χ0) is 26.1. The number of hydrazine groups is 1. The fourth-order valence-corrected chi connectivity index (χ4v) is 6.58. The molecular formula is C18H21N8NaO8S3. The number of hydrogen-bond acceptors (Lipinski definition) is 14. The third-order valence-electron chi connectivity index (χ3n) is 5.13. The van der Waals surface area contributed by atoms with E-state index in [2.05, 4.69) is 25.9 Å². The number of carboxylic acids is 1. The largest absolute Gasteiger partial charge is 1.00 e. The fourth-order valence-electron chi connectivity index (χ4n) is 3.51. The molecule has 1 unspecified atom stereocenters. The van der Waals surface area contributed by atoms with Crippen molar-refractivity contribution in [2.45, 2.75) is 16.9 Å². The number of oxime groups is 1. The molecule has 3 atom stereocenters. The van der Waals surface area contributed by atoms with Crippen LogP contribution in [0.2, 0.25) is 0 Å². The summed E-state index contributed by atoms with van der Waals surface area (Å²) < 4.78 is 0. The summed E-state index contributed by atoms with van der Waals surface area (Å²) in [5, 5.41) is 31.2. The van der Waals surface area contributed by atoms with E-state index in [1.54, 1.807) is 7.05 Å². The maximum absolute atomic E-state index is 12.9. The number of nitrogens with one attached hydrogen (secondary N) is 2. The van der Waals surface area contributed by atoms with Crippen molar-refractivity contribution in [3.63, 3.8) is 0 Å². The smallest absolute Gasteiger partial charge is 0.857 e. The van der Waals surface area contributed by atoms with Crippen molar-refractivity contribution in [3.05, 3.63) is 22.3 Å². The van der Waals surface area contributed by atoms with Crippen molar-refractivity contribution in [1.29, 1.82) is 0 Å². The summed E-state index contributed by atoms with van der Waals surface area (Å²) in [6.45, 7) is 0. The van der Waals surface area contributed by atoms with E-state index in [0.717, 1.165) is 16.2 Å². The molecule has 2 fully saturated rings. The summed E-state index contributed by atoms with van der Waals surface area (Å²) >= 11 is 3.52. The van der Waals surface area contributed by atoms with Gasteiger partial charge < -0.3 is 31.6 Å². The Balaban J connectivity index is 0.00000253. The van der Waals surface area contributed by atoms with E-state index in [-0.39, 0.29) is 68.8 Å². The van der Waals surface area contributed by atoms with Crippen LogP contribution >= 0.6 is 34.9 Å². The van der Waals surface area contributed by atoms with E-state index in [9.17, 15) is 29.4 Å². The van der Waals surface area contributed by atoms with E-state index >= 15 is 0 Å². The van der Waals surface area contributed by atoms with E-state index in [0.29, 0.717) is 5.57 Å². The van der Waals surface area contributed by atoms with Crippen LogP contribution in [0.4, 0.5) is 5.13 Å². The molecule has 0 aromatic carbocycles. The average molecular weight is 597 g/mol. The van der Waals surface area contributed by atoms with Crippen molar-refractivity contribution in [3.8, 4) is 0 Å². The van der Waals surface area contributed by atoms with Gasteiger partial charge in [0.25, 0.3) is 5.91 Å². The third-order valence-corrected chi connectivity index (χ3v) is 8.40. The Morgan fingerprint density at radius 3 is 2.71 bits per heavy atom. The van der Waals surface area contributed by atoms with Crippen LogP contribution in [0, 0.1) is 0 Å². The van der Waals surface area contributed by atoms with Crippen molar-refractivity contribution in [2.24, 2.45) is 10.1 Å². The minimum atomic E-state index is -1.30. The molecule has 200 valence electrons. The van der Waals surface area contributed by atoms with Gasteiger partial charge in [0.1, 0.15) is 35.1 Å². The molecule has 3 aliphatic rings. The second-order valence-electron chi connectivity index (χ2n) is 7.43. The topological polar surface area (TPSA) is 246 Å². The second kappa shape index (κ2) is 13.1. The first-order valence-electron chi connectivity index (χ1n) is 10.1. The summed E-state index contributed by atoms with van der Waals surface area (Å²) in [5.74, 6) is -3.99. The SMILES string of the molecule is CO/N=C(\C([O-])=N[C@@H]1C(=O)N2C(C(=O)O)=C(CSC3NC(=O)C(=O)NN3C)CS[C@H]12)c1csc(N)n1.O.[Na+]. The van der Waals surface area contributed by atoms with Gasteiger partial charge in [-0.05, 0) is 5.57 Å². The van der Waals surface area contributed by atoms with Crippen LogP contribution in [0.3, 0.4) is 0 Å². The van der Waals surface area contributed by atoms with Crippen LogP contribution in [-0.4, -0.2) is 103 Å². The van der Waals surface area contributed by atoms with Crippen LogP contribution in [0.25, 0.3) is 0 Å². The number of anilines is 1. The normalized spacial score (nSPS) is 23.9. The molecule has 0 aliphatic carbocycles. The first-order chi connectivity index (χ1) is 17.1. The number of carbonyl (C=O) groups is 4. The number of aliphatic imine (C=N–C) groups is 1. The van der Waals surface area contributed by atoms with Gasteiger partial charge in [-0.1, -0.05) is 5.16 Å². The van der Waals surface area contributed by atoms with Gasteiger partial charge >= 0.3 is 47.3 Å². The number of amides is 3. The number of nitrogen functional groups attached to an aromatic ring is 1. The number of aliphatic carboxylic acids is 1. The van der Waals surface area contributed by atoms with E-state index in [1.807, 2.05) is 0 Å².